The lowest BCUT2D eigenvalue weighted by molar-refractivity contribution is -0.135. The van der Waals surface area contributed by atoms with Crippen molar-refractivity contribution in [1.29, 1.82) is 0 Å². The molecule has 2 aromatic heterocycles. The molecule has 0 radical (unpaired) electrons. The lowest BCUT2D eigenvalue weighted by Crippen LogP contribution is -2.38. The number of fused-ring (bicyclic) bond motifs is 2. The fourth-order valence-corrected chi connectivity index (χ4v) is 5.33. The highest BCUT2D eigenvalue weighted by Gasteiger charge is 2.30. The molecule has 4 aromatic rings. The lowest BCUT2D eigenvalue weighted by atomic mass is 10.0. The van der Waals surface area contributed by atoms with Gasteiger partial charge in [-0.2, -0.15) is 0 Å². The van der Waals surface area contributed by atoms with Crippen LogP contribution in [0.25, 0.3) is 21.1 Å². The number of amides is 1. The van der Waals surface area contributed by atoms with Gasteiger partial charge >= 0.3 is 0 Å². The number of carbonyl (C=O) groups is 1. The Balaban J connectivity index is 1.34. The number of thiazole rings is 1. The van der Waals surface area contributed by atoms with E-state index >= 15 is 0 Å². The van der Waals surface area contributed by atoms with Crippen LogP contribution in [0.4, 0.5) is 0 Å². The zero-order valence-corrected chi connectivity index (χ0v) is 16.6. The minimum absolute atomic E-state index is 0.125. The van der Waals surface area contributed by atoms with Gasteiger partial charge in [-0.25, -0.2) is 4.98 Å². The summed E-state index contributed by atoms with van der Waals surface area (Å²) in [5, 5.41) is 2.31. The average molecular weight is 390 g/mol. The zero-order valence-electron chi connectivity index (χ0n) is 15.8. The van der Waals surface area contributed by atoms with E-state index in [2.05, 4.69) is 58.1 Å². The fraction of sp³-hybridized carbons (Fsp3) is 0.304. The Hall–Kier alpha value is -2.66. The zero-order chi connectivity index (χ0) is 18.9. The Morgan fingerprint density at radius 1 is 1.07 bits per heavy atom. The molecule has 28 heavy (non-hydrogen) atoms. The van der Waals surface area contributed by atoms with E-state index in [-0.39, 0.29) is 11.9 Å². The molecule has 1 atom stereocenters. The van der Waals surface area contributed by atoms with Gasteiger partial charge in [0.05, 0.1) is 16.3 Å². The Morgan fingerprint density at radius 2 is 1.93 bits per heavy atom. The number of aryl methyl sites for hydroxylation is 1. The van der Waals surface area contributed by atoms with Crippen molar-refractivity contribution < 1.29 is 4.79 Å². The molecule has 1 aliphatic heterocycles. The maximum Gasteiger partial charge on any atom is 0.224 e. The molecular formula is C23H23N3OS. The van der Waals surface area contributed by atoms with Gasteiger partial charge in [0.2, 0.25) is 5.91 Å². The van der Waals surface area contributed by atoms with Crippen LogP contribution in [0.15, 0.2) is 60.8 Å². The second kappa shape index (κ2) is 7.40. The van der Waals surface area contributed by atoms with E-state index < -0.39 is 0 Å². The SMILES string of the molecule is O=C(CCn1ccc2ccccc21)N1CCCC[C@@H]1c1nc2ccccc2s1. The van der Waals surface area contributed by atoms with Crippen molar-refractivity contribution in [3.63, 3.8) is 0 Å². The Bertz CT molecular complexity index is 1100. The van der Waals surface area contributed by atoms with E-state index in [1.807, 2.05) is 12.1 Å². The van der Waals surface area contributed by atoms with Crippen molar-refractivity contribution >= 4 is 38.4 Å². The van der Waals surface area contributed by atoms with Crippen molar-refractivity contribution in [2.75, 3.05) is 6.54 Å². The van der Waals surface area contributed by atoms with Gasteiger partial charge in [-0.1, -0.05) is 30.3 Å². The molecule has 0 saturated carbocycles. The number of carbonyl (C=O) groups excluding carboxylic acids is 1. The summed E-state index contributed by atoms with van der Waals surface area (Å²) >= 11 is 1.73. The van der Waals surface area contributed by atoms with Crippen LogP contribution in [0.5, 0.6) is 0 Å². The predicted octanol–water partition coefficient (Wildman–Crippen LogP) is 5.39. The summed E-state index contributed by atoms with van der Waals surface area (Å²) in [5.74, 6) is 0.238. The molecule has 0 aliphatic carbocycles. The van der Waals surface area contributed by atoms with Crippen LogP contribution in [0.3, 0.4) is 0 Å². The second-order valence-corrected chi connectivity index (χ2v) is 8.50. The third-order valence-electron chi connectivity index (χ3n) is 5.67. The number of piperidine rings is 1. The number of aromatic nitrogens is 2. The Kier molecular flexibility index (Phi) is 4.61. The van der Waals surface area contributed by atoms with E-state index in [0.717, 1.165) is 42.9 Å². The highest BCUT2D eigenvalue weighted by molar-refractivity contribution is 7.18. The van der Waals surface area contributed by atoms with Crippen molar-refractivity contribution in [3.8, 4) is 0 Å². The van der Waals surface area contributed by atoms with E-state index in [1.54, 1.807) is 11.3 Å². The van der Waals surface area contributed by atoms with E-state index in [0.29, 0.717) is 6.42 Å². The molecule has 1 aliphatic rings. The van der Waals surface area contributed by atoms with Crippen LogP contribution in [-0.4, -0.2) is 26.9 Å². The highest BCUT2D eigenvalue weighted by Crippen LogP contribution is 2.36. The number of hydrogen-bond acceptors (Lipinski definition) is 3. The van der Waals surface area contributed by atoms with Crippen molar-refractivity contribution in [2.24, 2.45) is 0 Å². The van der Waals surface area contributed by atoms with Gasteiger partial charge in [0.1, 0.15) is 5.01 Å². The molecular weight excluding hydrogens is 366 g/mol. The topological polar surface area (TPSA) is 38.1 Å². The molecule has 2 aromatic carbocycles. The number of rotatable bonds is 4. The standard InChI is InChI=1S/C23H23N3OS/c27-22(13-16-25-15-12-17-7-1-3-9-19(17)25)26-14-6-5-10-20(26)23-24-18-8-2-4-11-21(18)28-23/h1-4,7-9,11-12,15,20H,5-6,10,13-14,16H2/t20-/m1/s1. The third kappa shape index (κ3) is 3.20. The molecule has 5 heteroatoms. The summed E-state index contributed by atoms with van der Waals surface area (Å²) in [6.45, 7) is 1.56. The fourth-order valence-electron chi connectivity index (χ4n) is 4.21. The normalized spacial score (nSPS) is 17.4. The number of benzene rings is 2. The van der Waals surface area contributed by atoms with Gasteiger partial charge in [-0.05, 0) is 48.9 Å². The number of hydrogen-bond donors (Lipinski definition) is 0. The smallest absolute Gasteiger partial charge is 0.224 e. The predicted molar refractivity (Wildman–Crippen MR) is 114 cm³/mol. The monoisotopic (exact) mass is 389 g/mol. The highest BCUT2D eigenvalue weighted by atomic mass is 32.1. The molecule has 142 valence electrons. The van der Waals surface area contributed by atoms with Gasteiger partial charge in [0.25, 0.3) is 0 Å². The van der Waals surface area contributed by atoms with Crippen LogP contribution in [0.2, 0.25) is 0 Å². The van der Waals surface area contributed by atoms with Gasteiger partial charge in [-0.15, -0.1) is 11.3 Å². The van der Waals surface area contributed by atoms with Crippen molar-refractivity contribution in [2.45, 2.75) is 38.3 Å². The second-order valence-electron chi connectivity index (χ2n) is 7.44. The van der Waals surface area contributed by atoms with Crippen LogP contribution in [0, 0.1) is 0 Å². The Labute approximate surface area is 168 Å². The largest absolute Gasteiger partial charge is 0.347 e. The first-order valence-corrected chi connectivity index (χ1v) is 10.8. The molecule has 3 heterocycles. The van der Waals surface area contributed by atoms with Crippen LogP contribution in [-0.2, 0) is 11.3 Å². The van der Waals surface area contributed by atoms with Gasteiger partial charge in [-0.3, -0.25) is 4.79 Å². The number of nitrogens with zero attached hydrogens (tertiary/aromatic N) is 3. The summed E-state index contributed by atoms with van der Waals surface area (Å²) in [7, 11) is 0. The first kappa shape index (κ1) is 17.4. The minimum Gasteiger partial charge on any atom is -0.347 e. The minimum atomic E-state index is 0.125. The molecule has 0 bridgehead atoms. The summed E-state index contributed by atoms with van der Waals surface area (Å²) < 4.78 is 3.39. The molecule has 0 N–H and O–H groups in total. The van der Waals surface area contributed by atoms with E-state index in [9.17, 15) is 4.79 Å². The summed E-state index contributed by atoms with van der Waals surface area (Å²) in [6.07, 6.45) is 5.86. The Morgan fingerprint density at radius 3 is 2.86 bits per heavy atom. The van der Waals surface area contributed by atoms with Crippen molar-refractivity contribution in [3.05, 3.63) is 65.8 Å². The van der Waals surface area contributed by atoms with E-state index in [4.69, 9.17) is 4.98 Å². The van der Waals surface area contributed by atoms with Crippen LogP contribution in [0.1, 0.15) is 36.7 Å². The first-order valence-electron chi connectivity index (χ1n) is 9.98. The van der Waals surface area contributed by atoms with Gasteiger partial charge in [0.15, 0.2) is 0 Å². The van der Waals surface area contributed by atoms with Crippen LogP contribution < -0.4 is 0 Å². The van der Waals surface area contributed by atoms with Gasteiger partial charge < -0.3 is 9.47 Å². The summed E-state index contributed by atoms with van der Waals surface area (Å²) in [4.78, 5) is 20.0. The maximum atomic E-state index is 13.1. The molecule has 0 spiro atoms. The summed E-state index contributed by atoms with van der Waals surface area (Å²) in [5.41, 5.74) is 2.23. The van der Waals surface area contributed by atoms with Gasteiger partial charge in [0, 0.05) is 31.2 Å². The molecule has 1 fully saturated rings. The number of likely N-dealkylation sites (tertiary alicyclic amines) is 1. The molecule has 1 saturated heterocycles. The molecule has 1 amide bonds. The summed E-state index contributed by atoms with van der Waals surface area (Å²) in [6, 6.07) is 18.8. The quantitative estimate of drug-likeness (QED) is 0.469. The molecule has 5 rings (SSSR count). The molecule has 0 unspecified atom stereocenters. The van der Waals surface area contributed by atoms with Crippen molar-refractivity contribution in [1.82, 2.24) is 14.5 Å². The third-order valence-corrected chi connectivity index (χ3v) is 6.80. The molecule has 4 nitrogen and oxygen atoms in total. The number of para-hydroxylation sites is 2. The average Bonchev–Trinajstić information content (AvgIpc) is 3.36. The lowest BCUT2D eigenvalue weighted by Gasteiger charge is -2.34. The maximum absolute atomic E-state index is 13.1. The van der Waals surface area contributed by atoms with Crippen LogP contribution >= 0.6 is 11.3 Å². The van der Waals surface area contributed by atoms with E-state index in [1.165, 1.54) is 15.6 Å². The first-order chi connectivity index (χ1) is 13.8.